The van der Waals surface area contributed by atoms with Crippen LogP contribution < -0.4 is 14.8 Å². The van der Waals surface area contributed by atoms with E-state index in [0.29, 0.717) is 17.9 Å². The monoisotopic (exact) mass is 414 g/mol. The summed E-state index contributed by atoms with van der Waals surface area (Å²) in [4.78, 5) is 20.1. The van der Waals surface area contributed by atoms with Crippen LogP contribution in [0.25, 0.3) is 0 Å². The number of sulfonamides is 1. The second kappa shape index (κ2) is 9.95. The highest BCUT2D eigenvalue weighted by Gasteiger charge is 2.20. The Balaban J connectivity index is 2.92. The summed E-state index contributed by atoms with van der Waals surface area (Å²) in [5.74, 6) is -0.415. The molecular weight excluding hydrogens is 395 g/mol. The van der Waals surface area contributed by atoms with Gasteiger partial charge in [-0.25, -0.2) is 22.9 Å². The van der Waals surface area contributed by atoms with Crippen LogP contribution in [0.3, 0.4) is 0 Å². The molecule has 0 radical (unpaired) electrons. The van der Waals surface area contributed by atoms with Gasteiger partial charge in [0.05, 0.1) is 30.0 Å². The highest BCUT2D eigenvalue weighted by Crippen LogP contribution is 2.20. The van der Waals surface area contributed by atoms with Crippen molar-refractivity contribution in [1.82, 2.24) is 14.7 Å². The van der Waals surface area contributed by atoms with Gasteiger partial charge in [0, 0.05) is 18.6 Å². The molecule has 9 nitrogen and oxygen atoms in total. The number of rotatable bonds is 9. The molecule has 0 spiro atoms. The fraction of sp³-hybridized carbons (Fsp3) is 0.615. The molecule has 0 aliphatic heterocycles. The molecule has 0 fully saturated rings. The van der Waals surface area contributed by atoms with Crippen molar-refractivity contribution in [3.63, 3.8) is 0 Å². The Morgan fingerprint density at radius 3 is 2.60 bits per heavy atom. The SMILES string of the molecule is CCOc1nc(NC(=O)NS(=O)(=O)CC(Cl)CCl)nc(COC)c1C. The van der Waals surface area contributed by atoms with Gasteiger partial charge in [0.2, 0.25) is 21.9 Å². The number of urea groups is 1. The van der Waals surface area contributed by atoms with E-state index in [9.17, 15) is 13.2 Å². The van der Waals surface area contributed by atoms with Crippen LogP contribution in [0, 0.1) is 6.92 Å². The number of carbonyl (C=O) groups is 1. The third-order valence-corrected chi connectivity index (χ3v) is 5.16. The van der Waals surface area contributed by atoms with Gasteiger partial charge < -0.3 is 9.47 Å². The molecule has 0 saturated heterocycles. The maximum Gasteiger partial charge on any atom is 0.335 e. The van der Waals surface area contributed by atoms with Crippen LogP contribution in [0.5, 0.6) is 5.88 Å². The number of alkyl halides is 2. The van der Waals surface area contributed by atoms with Crippen LogP contribution in [0.15, 0.2) is 0 Å². The molecule has 0 aliphatic carbocycles. The van der Waals surface area contributed by atoms with Crippen LogP contribution in [0.2, 0.25) is 0 Å². The van der Waals surface area contributed by atoms with Crippen molar-refractivity contribution in [2.75, 3.05) is 30.7 Å². The Hall–Kier alpha value is -1.36. The average molecular weight is 415 g/mol. The van der Waals surface area contributed by atoms with Gasteiger partial charge in [-0.1, -0.05) is 0 Å². The highest BCUT2D eigenvalue weighted by molar-refractivity contribution is 7.90. The zero-order valence-corrected chi connectivity index (χ0v) is 16.3. The van der Waals surface area contributed by atoms with Crippen LogP contribution in [-0.4, -0.2) is 55.1 Å². The second-order valence-electron chi connectivity index (χ2n) is 4.88. The normalized spacial score (nSPS) is 12.5. The quantitative estimate of drug-likeness (QED) is 0.589. The van der Waals surface area contributed by atoms with Crippen LogP contribution in [0.4, 0.5) is 10.7 Å². The minimum Gasteiger partial charge on any atom is -0.478 e. The minimum atomic E-state index is -3.95. The molecule has 0 aliphatic rings. The number of hydrogen-bond acceptors (Lipinski definition) is 7. The number of methoxy groups -OCH3 is 1. The lowest BCUT2D eigenvalue weighted by Gasteiger charge is -2.13. The highest BCUT2D eigenvalue weighted by atomic mass is 35.5. The van der Waals surface area contributed by atoms with E-state index in [1.165, 1.54) is 7.11 Å². The number of ether oxygens (including phenoxy) is 2. The molecule has 1 rings (SSSR count). The number of nitrogens with one attached hydrogen (secondary N) is 2. The largest absolute Gasteiger partial charge is 0.478 e. The summed E-state index contributed by atoms with van der Waals surface area (Å²) >= 11 is 11.1. The van der Waals surface area contributed by atoms with Gasteiger partial charge in [0.25, 0.3) is 0 Å². The summed E-state index contributed by atoms with van der Waals surface area (Å²) in [6.45, 7) is 4.07. The lowest BCUT2D eigenvalue weighted by atomic mass is 10.2. The Labute approximate surface area is 156 Å². The zero-order valence-electron chi connectivity index (χ0n) is 14.0. The standard InChI is InChI=1S/C13H20Cl2N4O5S/c1-4-24-11-8(2)10(6-23-3)16-12(17-11)18-13(20)19-25(21,22)7-9(15)5-14/h9H,4-7H2,1-3H3,(H2,16,17,18,19,20). The Morgan fingerprint density at radius 1 is 1.36 bits per heavy atom. The number of halogens is 2. The summed E-state index contributed by atoms with van der Waals surface area (Å²) < 4.78 is 35.8. The van der Waals surface area contributed by atoms with Crippen molar-refractivity contribution >= 4 is 45.2 Å². The van der Waals surface area contributed by atoms with E-state index < -0.39 is 27.2 Å². The number of carbonyl (C=O) groups excluding carboxylic acids is 1. The zero-order chi connectivity index (χ0) is 19.0. The van der Waals surface area contributed by atoms with E-state index in [0.717, 1.165) is 0 Å². The smallest absolute Gasteiger partial charge is 0.335 e. The molecule has 1 unspecified atom stereocenters. The Bertz CT molecular complexity index is 675. The Morgan fingerprint density at radius 2 is 2.04 bits per heavy atom. The third-order valence-electron chi connectivity index (χ3n) is 2.81. The molecule has 12 heteroatoms. The van der Waals surface area contributed by atoms with Gasteiger partial charge in [-0.3, -0.25) is 5.32 Å². The second-order valence-corrected chi connectivity index (χ2v) is 7.57. The molecule has 0 aromatic carbocycles. The summed E-state index contributed by atoms with van der Waals surface area (Å²) in [6.07, 6.45) is 0. The predicted octanol–water partition coefficient (Wildman–Crippen LogP) is 1.63. The van der Waals surface area contributed by atoms with Gasteiger partial charge in [-0.15, -0.1) is 23.2 Å². The van der Waals surface area contributed by atoms with Crippen LogP contribution in [-0.2, 0) is 21.4 Å². The molecule has 1 aromatic heterocycles. The molecule has 2 N–H and O–H groups in total. The van der Waals surface area contributed by atoms with E-state index in [1.54, 1.807) is 13.8 Å². The van der Waals surface area contributed by atoms with Crippen LogP contribution in [0.1, 0.15) is 18.2 Å². The summed E-state index contributed by atoms with van der Waals surface area (Å²) in [6, 6.07) is -1.02. The fourth-order valence-electron chi connectivity index (χ4n) is 1.74. The van der Waals surface area contributed by atoms with E-state index in [4.69, 9.17) is 32.7 Å². The van der Waals surface area contributed by atoms with E-state index >= 15 is 0 Å². The van der Waals surface area contributed by atoms with Crippen molar-refractivity contribution in [3.8, 4) is 5.88 Å². The van der Waals surface area contributed by atoms with Crippen molar-refractivity contribution < 1.29 is 22.7 Å². The fourth-order valence-corrected chi connectivity index (χ4v) is 3.49. The van der Waals surface area contributed by atoms with Crippen LogP contribution >= 0.6 is 23.2 Å². The van der Waals surface area contributed by atoms with Gasteiger partial charge in [0.15, 0.2) is 0 Å². The number of nitrogens with zero attached hydrogens (tertiary/aromatic N) is 2. The first kappa shape index (κ1) is 21.7. The number of anilines is 1. The molecule has 2 amide bonds. The molecular formula is C13H20Cl2N4O5S. The molecule has 1 heterocycles. The summed E-state index contributed by atoms with van der Waals surface area (Å²) in [5, 5.41) is 1.43. The molecule has 142 valence electrons. The lowest BCUT2D eigenvalue weighted by molar-refractivity contribution is 0.180. The minimum absolute atomic E-state index is 0.0662. The van der Waals surface area contributed by atoms with E-state index in [2.05, 4.69) is 15.3 Å². The topological polar surface area (TPSA) is 120 Å². The first-order chi connectivity index (χ1) is 11.7. The average Bonchev–Trinajstić information content (AvgIpc) is 2.50. The van der Waals surface area contributed by atoms with Crippen molar-refractivity contribution in [1.29, 1.82) is 0 Å². The maximum absolute atomic E-state index is 11.9. The van der Waals surface area contributed by atoms with Gasteiger partial charge >= 0.3 is 6.03 Å². The van der Waals surface area contributed by atoms with Gasteiger partial charge in [-0.05, 0) is 13.8 Å². The number of amides is 2. The molecule has 1 atom stereocenters. The molecule has 0 saturated carbocycles. The molecule has 0 bridgehead atoms. The lowest BCUT2D eigenvalue weighted by Crippen LogP contribution is -2.38. The van der Waals surface area contributed by atoms with E-state index in [-0.39, 0.29) is 24.3 Å². The van der Waals surface area contributed by atoms with Crippen molar-refractivity contribution in [3.05, 3.63) is 11.3 Å². The number of aromatic nitrogens is 2. The van der Waals surface area contributed by atoms with Crippen molar-refractivity contribution in [2.24, 2.45) is 0 Å². The first-order valence-corrected chi connectivity index (χ1v) is 9.85. The van der Waals surface area contributed by atoms with Gasteiger partial charge in [-0.2, -0.15) is 4.98 Å². The van der Waals surface area contributed by atoms with Gasteiger partial charge in [0.1, 0.15) is 0 Å². The Kier molecular flexibility index (Phi) is 8.63. The molecule has 1 aromatic rings. The first-order valence-electron chi connectivity index (χ1n) is 7.23. The van der Waals surface area contributed by atoms with Crippen molar-refractivity contribution in [2.45, 2.75) is 25.8 Å². The number of hydrogen-bond donors (Lipinski definition) is 2. The maximum atomic E-state index is 11.9. The predicted molar refractivity (Wildman–Crippen MR) is 95.0 cm³/mol. The van der Waals surface area contributed by atoms with E-state index in [1.807, 2.05) is 4.72 Å². The molecule has 25 heavy (non-hydrogen) atoms. The third kappa shape index (κ3) is 7.18. The summed E-state index contributed by atoms with van der Waals surface area (Å²) in [5.41, 5.74) is 1.16. The summed E-state index contributed by atoms with van der Waals surface area (Å²) in [7, 11) is -2.46.